The summed E-state index contributed by atoms with van der Waals surface area (Å²) in [6.07, 6.45) is -0.871. The molecule has 6 atom stereocenters. The number of hydrogen-bond acceptors (Lipinski definition) is 10. The molecule has 0 radical (unpaired) electrons. The number of carbonyl (C=O) groups excluding carboxylic acids is 7. The van der Waals surface area contributed by atoms with Crippen LogP contribution in [0.1, 0.15) is 52.2 Å². The molecule has 0 aromatic heterocycles. The van der Waals surface area contributed by atoms with E-state index in [-0.39, 0.29) is 24.5 Å². The van der Waals surface area contributed by atoms with E-state index in [2.05, 4.69) is 31.9 Å². The molecule has 300 valence electrons. The second-order valence-electron chi connectivity index (χ2n) is 13.8. The lowest BCUT2D eigenvalue weighted by Gasteiger charge is -2.26. The van der Waals surface area contributed by atoms with Gasteiger partial charge in [0.1, 0.15) is 36.0 Å². The highest BCUT2D eigenvalue weighted by Gasteiger charge is 2.32. The third kappa shape index (κ3) is 15.5. The number of phenolic OH excluding ortho intramolecular Hbond substituents is 1. The van der Waals surface area contributed by atoms with E-state index in [1.165, 1.54) is 19.1 Å². The van der Waals surface area contributed by atoms with Gasteiger partial charge in [-0.15, -0.1) is 0 Å². The third-order valence-corrected chi connectivity index (χ3v) is 8.37. The van der Waals surface area contributed by atoms with Gasteiger partial charge < -0.3 is 53.6 Å². The second kappa shape index (κ2) is 21.6. The summed E-state index contributed by atoms with van der Waals surface area (Å²) in [7, 11) is 0. The molecule has 0 spiro atoms. The van der Waals surface area contributed by atoms with Crippen molar-refractivity contribution in [3.05, 3.63) is 65.7 Å². The SMILES string of the molecule is CC(C)[C@H](NC(=O)[C@@H](NC(=O)CNC(=O)[C@H](CC(=O)O)NC(=O)[C@H](Cc1ccccc1)NC(=O)[C@@H](C)NC(=O)[C@@H](N)Cc1ccc(O)cc1)C(C)C)C(N)=O. The van der Waals surface area contributed by atoms with Gasteiger partial charge in [0.15, 0.2) is 0 Å². The predicted molar refractivity (Wildman–Crippen MR) is 199 cm³/mol. The van der Waals surface area contributed by atoms with Crippen LogP contribution in [0.2, 0.25) is 0 Å². The van der Waals surface area contributed by atoms with Gasteiger partial charge in [0, 0.05) is 6.42 Å². The topological polar surface area (TPSA) is 301 Å². The van der Waals surface area contributed by atoms with E-state index in [1.54, 1.807) is 70.2 Å². The van der Waals surface area contributed by atoms with E-state index in [1.807, 2.05) is 0 Å². The molecule has 18 nitrogen and oxygen atoms in total. The Hall–Kier alpha value is -6.04. The Morgan fingerprint density at radius 2 is 1.18 bits per heavy atom. The number of carboxylic acids is 1. The van der Waals surface area contributed by atoms with E-state index in [0.717, 1.165) is 0 Å². The smallest absolute Gasteiger partial charge is 0.305 e. The van der Waals surface area contributed by atoms with Crippen LogP contribution < -0.4 is 43.4 Å². The summed E-state index contributed by atoms with van der Waals surface area (Å²) in [5.74, 6) is -7.88. The van der Waals surface area contributed by atoms with Gasteiger partial charge in [0.05, 0.1) is 19.0 Å². The van der Waals surface area contributed by atoms with Gasteiger partial charge in [-0.05, 0) is 48.4 Å². The van der Waals surface area contributed by atoms with Crippen molar-refractivity contribution in [3.63, 3.8) is 0 Å². The number of benzene rings is 2. The maximum Gasteiger partial charge on any atom is 0.305 e. The highest BCUT2D eigenvalue weighted by Crippen LogP contribution is 2.11. The fourth-order valence-corrected chi connectivity index (χ4v) is 5.24. The molecule has 0 saturated heterocycles. The maximum atomic E-state index is 13.6. The van der Waals surface area contributed by atoms with Crippen LogP contribution >= 0.6 is 0 Å². The summed E-state index contributed by atoms with van der Waals surface area (Å²) in [6.45, 7) is 7.31. The van der Waals surface area contributed by atoms with E-state index < -0.39 is 102 Å². The monoisotopic (exact) mass is 768 g/mol. The number of aliphatic carboxylic acids is 1. The Bertz CT molecular complexity index is 1670. The van der Waals surface area contributed by atoms with Crippen molar-refractivity contribution in [1.29, 1.82) is 0 Å². The molecule has 0 aliphatic heterocycles. The average molecular weight is 769 g/mol. The summed E-state index contributed by atoms with van der Waals surface area (Å²) >= 11 is 0. The molecular formula is C37H52N8O10. The molecule has 12 N–H and O–H groups in total. The number of rotatable bonds is 21. The van der Waals surface area contributed by atoms with Crippen LogP contribution in [0.25, 0.3) is 0 Å². The second-order valence-corrected chi connectivity index (χ2v) is 13.8. The zero-order valence-electron chi connectivity index (χ0n) is 31.5. The molecule has 0 fully saturated rings. The van der Waals surface area contributed by atoms with Crippen LogP contribution in [0.3, 0.4) is 0 Å². The van der Waals surface area contributed by atoms with Crippen molar-refractivity contribution in [2.24, 2.45) is 23.3 Å². The van der Waals surface area contributed by atoms with Gasteiger partial charge >= 0.3 is 5.97 Å². The maximum absolute atomic E-state index is 13.6. The van der Waals surface area contributed by atoms with Crippen molar-refractivity contribution in [1.82, 2.24) is 31.9 Å². The number of nitrogens with two attached hydrogens (primary N) is 2. The number of amides is 7. The summed E-state index contributed by atoms with van der Waals surface area (Å²) in [5.41, 5.74) is 12.7. The molecule has 0 heterocycles. The van der Waals surface area contributed by atoms with Crippen molar-refractivity contribution >= 4 is 47.3 Å². The predicted octanol–water partition coefficient (Wildman–Crippen LogP) is -1.66. The molecule has 2 aromatic rings. The first-order valence-corrected chi connectivity index (χ1v) is 17.7. The molecule has 55 heavy (non-hydrogen) atoms. The van der Waals surface area contributed by atoms with Gasteiger partial charge in [-0.3, -0.25) is 38.4 Å². The summed E-state index contributed by atoms with van der Waals surface area (Å²) in [5, 5.41) is 33.6. The summed E-state index contributed by atoms with van der Waals surface area (Å²) in [4.78, 5) is 102. The first-order valence-electron chi connectivity index (χ1n) is 17.7. The van der Waals surface area contributed by atoms with Crippen molar-refractivity contribution in [2.45, 2.75) is 90.1 Å². The minimum absolute atomic E-state index is 0.0428. The fourth-order valence-electron chi connectivity index (χ4n) is 5.24. The van der Waals surface area contributed by atoms with Gasteiger partial charge in [0.2, 0.25) is 41.4 Å². The molecule has 18 heteroatoms. The number of nitrogens with one attached hydrogen (secondary N) is 6. The van der Waals surface area contributed by atoms with Crippen molar-refractivity contribution in [2.75, 3.05) is 6.54 Å². The molecule has 0 bridgehead atoms. The zero-order chi connectivity index (χ0) is 41.4. The van der Waals surface area contributed by atoms with Crippen LogP contribution in [0, 0.1) is 11.8 Å². The first kappa shape index (κ1) is 45.1. The van der Waals surface area contributed by atoms with Gasteiger partial charge in [0.25, 0.3) is 0 Å². The molecule has 2 aromatic carbocycles. The van der Waals surface area contributed by atoms with Crippen LogP contribution in [-0.2, 0) is 51.2 Å². The Labute approximate surface area is 318 Å². The Morgan fingerprint density at radius 3 is 1.73 bits per heavy atom. The van der Waals surface area contributed by atoms with Crippen LogP contribution in [0.5, 0.6) is 5.75 Å². The number of carboxylic acid groups (broad SMARTS) is 1. The lowest BCUT2D eigenvalue weighted by Crippen LogP contribution is -2.59. The lowest BCUT2D eigenvalue weighted by molar-refractivity contribution is -0.141. The minimum Gasteiger partial charge on any atom is -0.508 e. The quantitative estimate of drug-likeness (QED) is 0.0685. The summed E-state index contributed by atoms with van der Waals surface area (Å²) < 4.78 is 0. The van der Waals surface area contributed by atoms with Crippen LogP contribution in [-0.4, -0.2) is 100 Å². The highest BCUT2D eigenvalue weighted by atomic mass is 16.4. The molecule has 2 rings (SSSR count). The van der Waals surface area contributed by atoms with Gasteiger partial charge in [-0.25, -0.2) is 0 Å². The molecule has 0 aliphatic carbocycles. The Morgan fingerprint density at radius 1 is 0.618 bits per heavy atom. The fraction of sp³-hybridized carbons (Fsp3) is 0.459. The van der Waals surface area contributed by atoms with E-state index >= 15 is 0 Å². The number of hydrogen-bond donors (Lipinski definition) is 10. The normalized spacial score (nSPS) is 14.3. The molecular weight excluding hydrogens is 716 g/mol. The van der Waals surface area contributed by atoms with E-state index in [4.69, 9.17) is 11.5 Å². The molecule has 0 unspecified atom stereocenters. The third-order valence-electron chi connectivity index (χ3n) is 8.37. The number of phenols is 1. The van der Waals surface area contributed by atoms with Gasteiger partial charge in [-0.2, -0.15) is 0 Å². The highest BCUT2D eigenvalue weighted by molar-refractivity contribution is 5.97. The zero-order valence-corrected chi connectivity index (χ0v) is 31.5. The lowest BCUT2D eigenvalue weighted by atomic mass is 10.00. The van der Waals surface area contributed by atoms with Crippen LogP contribution in [0.4, 0.5) is 0 Å². The number of carbonyl (C=O) groups is 8. The standard InChI is InChI=1S/C37H52N8O10/c1-19(2)30(32(39)50)45-37(55)31(20(3)4)44-28(47)18-40-35(53)27(17-29(48)49)43-36(54)26(16-22-9-7-6-8-10-22)42-33(51)21(5)41-34(52)25(38)15-23-11-13-24(46)14-12-23/h6-14,19-21,25-27,30-31,46H,15-18,38H2,1-5H3,(H2,39,50)(H,40,53)(H,41,52)(H,42,51)(H,43,54)(H,44,47)(H,45,55)(H,48,49)/t21-,25+,26+,27+,30+,31+/m1/s1. The molecule has 0 saturated carbocycles. The summed E-state index contributed by atoms with van der Waals surface area (Å²) in [6, 6.07) is 7.18. The van der Waals surface area contributed by atoms with E-state index in [0.29, 0.717) is 11.1 Å². The average Bonchev–Trinajstić information content (AvgIpc) is 3.11. The first-order chi connectivity index (χ1) is 25.8. The molecule has 0 aliphatic rings. The Balaban J connectivity index is 2.13. The largest absolute Gasteiger partial charge is 0.508 e. The Kier molecular flexibility index (Phi) is 17.7. The van der Waals surface area contributed by atoms with Crippen LogP contribution in [0.15, 0.2) is 54.6 Å². The van der Waals surface area contributed by atoms with Crippen molar-refractivity contribution < 1.29 is 48.6 Å². The minimum atomic E-state index is -1.70. The van der Waals surface area contributed by atoms with E-state index in [9.17, 15) is 48.6 Å². The van der Waals surface area contributed by atoms with Gasteiger partial charge in [-0.1, -0.05) is 70.2 Å². The molecule has 7 amide bonds. The number of aromatic hydroxyl groups is 1. The number of primary amides is 1. The van der Waals surface area contributed by atoms with Crippen molar-refractivity contribution in [3.8, 4) is 5.75 Å².